The number of anilines is 1. The quantitative estimate of drug-likeness (QED) is 0.698. The number of para-hydroxylation sites is 1. The van der Waals surface area contributed by atoms with Crippen LogP contribution in [0, 0.1) is 5.92 Å². The molecule has 2 aliphatic rings. The van der Waals surface area contributed by atoms with Crippen molar-refractivity contribution in [2.24, 2.45) is 11.7 Å². The highest BCUT2D eigenvalue weighted by atomic mass is 16.1. The standard InChI is InChI=1S/C13H14N2O/c14-13(16)8-5-6-10-9-3-1-2-4-11(9)15-12(10)7-8/h1-6,8,10,12,15H,7H2,(H2,14,16). The zero-order chi connectivity index (χ0) is 11.1. The molecule has 3 N–H and O–H groups in total. The number of hydrogen-bond acceptors (Lipinski definition) is 2. The first-order valence-electron chi connectivity index (χ1n) is 5.59. The molecule has 0 aromatic heterocycles. The SMILES string of the molecule is NC(=O)C1C=CC2c3ccccc3NC2C1. The molecule has 1 aliphatic carbocycles. The van der Waals surface area contributed by atoms with Crippen molar-refractivity contribution in [1.82, 2.24) is 0 Å². The third-order valence-corrected chi connectivity index (χ3v) is 3.52. The Kier molecular flexibility index (Phi) is 1.99. The van der Waals surface area contributed by atoms with E-state index in [2.05, 4.69) is 29.6 Å². The highest BCUT2D eigenvalue weighted by molar-refractivity contribution is 5.79. The molecule has 3 rings (SSSR count). The Hall–Kier alpha value is -1.77. The van der Waals surface area contributed by atoms with Crippen LogP contribution in [0.3, 0.4) is 0 Å². The Labute approximate surface area is 94.3 Å². The van der Waals surface area contributed by atoms with E-state index in [1.807, 2.05) is 12.1 Å². The first kappa shape index (κ1) is 9.46. The van der Waals surface area contributed by atoms with Crippen LogP contribution < -0.4 is 11.1 Å². The topological polar surface area (TPSA) is 55.1 Å². The van der Waals surface area contributed by atoms with E-state index >= 15 is 0 Å². The lowest BCUT2D eigenvalue weighted by atomic mass is 9.82. The summed E-state index contributed by atoms with van der Waals surface area (Å²) in [4.78, 5) is 11.2. The maximum absolute atomic E-state index is 11.2. The predicted octanol–water partition coefficient (Wildman–Crippen LogP) is 1.63. The molecule has 0 bridgehead atoms. The fraction of sp³-hybridized carbons (Fsp3) is 0.308. The van der Waals surface area contributed by atoms with Gasteiger partial charge in [0.05, 0.1) is 5.92 Å². The largest absolute Gasteiger partial charge is 0.381 e. The lowest BCUT2D eigenvalue weighted by Crippen LogP contribution is -2.32. The van der Waals surface area contributed by atoms with E-state index in [1.165, 1.54) is 11.3 Å². The normalized spacial score (nSPS) is 30.4. The number of primary amides is 1. The number of carbonyl (C=O) groups is 1. The maximum atomic E-state index is 11.2. The third kappa shape index (κ3) is 1.32. The zero-order valence-electron chi connectivity index (χ0n) is 8.89. The van der Waals surface area contributed by atoms with Gasteiger partial charge in [0.2, 0.25) is 5.91 Å². The molecule has 82 valence electrons. The van der Waals surface area contributed by atoms with E-state index in [0.717, 1.165) is 6.42 Å². The van der Waals surface area contributed by atoms with Crippen molar-refractivity contribution in [3.63, 3.8) is 0 Å². The van der Waals surface area contributed by atoms with Crippen LogP contribution >= 0.6 is 0 Å². The van der Waals surface area contributed by atoms with Gasteiger partial charge in [-0.05, 0) is 18.1 Å². The molecule has 3 nitrogen and oxygen atoms in total. The van der Waals surface area contributed by atoms with Crippen molar-refractivity contribution >= 4 is 11.6 Å². The van der Waals surface area contributed by atoms with Gasteiger partial charge in [0.1, 0.15) is 0 Å². The van der Waals surface area contributed by atoms with Gasteiger partial charge in [0.25, 0.3) is 0 Å². The highest BCUT2D eigenvalue weighted by Gasteiger charge is 2.35. The molecule has 1 aromatic rings. The molecule has 0 saturated heterocycles. The molecule has 0 fully saturated rings. The minimum atomic E-state index is -0.229. The second kappa shape index (κ2) is 3.37. The summed E-state index contributed by atoms with van der Waals surface area (Å²) in [5, 5.41) is 3.46. The Morgan fingerprint density at radius 3 is 2.94 bits per heavy atom. The summed E-state index contributed by atoms with van der Waals surface area (Å²) in [6.45, 7) is 0. The summed E-state index contributed by atoms with van der Waals surface area (Å²) >= 11 is 0. The smallest absolute Gasteiger partial charge is 0.224 e. The second-order valence-corrected chi connectivity index (χ2v) is 4.49. The van der Waals surface area contributed by atoms with E-state index in [0.29, 0.717) is 12.0 Å². The second-order valence-electron chi connectivity index (χ2n) is 4.49. The monoisotopic (exact) mass is 214 g/mol. The lowest BCUT2D eigenvalue weighted by Gasteiger charge is -2.25. The molecule has 0 radical (unpaired) electrons. The molecule has 1 aromatic carbocycles. The van der Waals surface area contributed by atoms with Crippen LogP contribution in [0.2, 0.25) is 0 Å². The number of carbonyl (C=O) groups excluding carboxylic acids is 1. The van der Waals surface area contributed by atoms with Gasteiger partial charge in [0, 0.05) is 17.6 Å². The van der Waals surface area contributed by atoms with Crippen LogP contribution in [0.15, 0.2) is 36.4 Å². The van der Waals surface area contributed by atoms with Gasteiger partial charge in [-0.2, -0.15) is 0 Å². The van der Waals surface area contributed by atoms with Crippen LogP contribution in [0.4, 0.5) is 5.69 Å². The fourth-order valence-electron chi connectivity index (χ4n) is 2.69. The Balaban J connectivity index is 1.93. The molecule has 0 spiro atoms. The van der Waals surface area contributed by atoms with Crippen molar-refractivity contribution in [1.29, 1.82) is 0 Å². The molecule has 3 heteroatoms. The lowest BCUT2D eigenvalue weighted by molar-refractivity contribution is -0.120. The fourth-order valence-corrected chi connectivity index (χ4v) is 2.69. The average molecular weight is 214 g/mol. The number of amides is 1. The molecular formula is C13H14N2O. The van der Waals surface area contributed by atoms with Gasteiger partial charge >= 0.3 is 0 Å². The van der Waals surface area contributed by atoms with Crippen molar-refractivity contribution < 1.29 is 4.79 Å². The Morgan fingerprint density at radius 1 is 1.31 bits per heavy atom. The third-order valence-electron chi connectivity index (χ3n) is 3.52. The number of nitrogens with two attached hydrogens (primary N) is 1. The van der Waals surface area contributed by atoms with E-state index in [-0.39, 0.29) is 11.8 Å². The molecular weight excluding hydrogens is 200 g/mol. The number of rotatable bonds is 1. The predicted molar refractivity (Wildman–Crippen MR) is 63.0 cm³/mol. The van der Waals surface area contributed by atoms with E-state index < -0.39 is 0 Å². The van der Waals surface area contributed by atoms with Crippen LogP contribution in [-0.4, -0.2) is 11.9 Å². The molecule has 1 heterocycles. The van der Waals surface area contributed by atoms with E-state index in [9.17, 15) is 4.79 Å². The molecule has 1 amide bonds. The summed E-state index contributed by atoms with van der Waals surface area (Å²) in [6, 6.07) is 8.62. The van der Waals surface area contributed by atoms with Crippen molar-refractivity contribution in [3.8, 4) is 0 Å². The number of benzene rings is 1. The first-order chi connectivity index (χ1) is 7.75. The zero-order valence-corrected chi connectivity index (χ0v) is 8.89. The van der Waals surface area contributed by atoms with Crippen molar-refractivity contribution in [3.05, 3.63) is 42.0 Å². The van der Waals surface area contributed by atoms with Gasteiger partial charge in [-0.3, -0.25) is 4.79 Å². The summed E-state index contributed by atoms with van der Waals surface area (Å²) < 4.78 is 0. The molecule has 0 saturated carbocycles. The molecule has 3 unspecified atom stereocenters. The van der Waals surface area contributed by atoms with Gasteiger partial charge in [-0.25, -0.2) is 0 Å². The van der Waals surface area contributed by atoms with Crippen molar-refractivity contribution in [2.75, 3.05) is 5.32 Å². The number of hydrogen-bond donors (Lipinski definition) is 2. The Morgan fingerprint density at radius 2 is 2.12 bits per heavy atom. The minimum absolute atomic E-state index is 0.122. The van der Waals surface area contributed by atoms with Crippen molar-refractivity contribution in [2.45, 2.75) is 18.4 Å². The van der Waals surface area contributed by atoms with Gasteiger partial charge in [0.15, 0.2) is 0 Å². The van der Waals surface area contributed by atoms with Crippen LogP contribution in [-0.2, 0) is 4.79 Å². The van der Waals surface area contributed by atoms with Crippen LogP contribution in [0.5, 0.6) is 0 Å². The number of nitrogens with one attached hydrogen (secondary N) is 1. The highest BCUT2D eigenvalue weighted by Crippen LogP contribution is 2.41. The van der Waals surface area contributed by atoms with E-state index in [4.69, 9.17) is 5.73 Å². The summed E-state index contributed by atoms with van der Waals surface area (Å²) in [7, 11) is 0. The number of fused-ring (bicyclic) bond motifs is 3. The molecule has 3 atom stereocenters. The van der Waals surface area contributed by atoms with Crippen LogP contribution in [0.1, 0.15) is 17.9 Å². The summed E-state index contributed by atoms with van der Waals surface area (Å²) in [5.41, 5.74) is 7.85. The first-order valence-corrected chi connectivity index (χ1v) is 5.59. The maximum Gasteiger partial charge on any atom is 0.224 e. The average Bonchev–Trinajstić information content (AvgIpc) is 2.66. The van der Waals surface area contributed by atoms with Gasteiger partial charge < -0.3 is 11.1 Å². The molecule has 1 aliphatic heterocycles. The summed E-state index contributed by atoms with van der Waals surface area (Å²) in [5.74, 6) is 0.0438. The summed E-state index contributed by atoms with van der Waals surface area (Å²) in [6.07, 6.45) is 4.86. The van der Waals surface area contributed by atoms with E-state index in [1.54, 1.807) is 0 Å². The van der Waals surface area contributed by atoms with Crippen LogP contribution in [0.25, 0.3) is 0 Å². The van der Waals surface area contributed by atoms with Gasteiger partial charge in [-0.15, -0.1) is 0 Å². The Bertz CT molecular complexity index is 467. The molecule has 16 heavy (non-hydrogen) atoms. The van der Waals surface area contributed by atoms with Gasteiger partial charge in [-0.1, -0.05) is 30.4 Å². The minimum Gasteiger partial charge on any atom is -0.381 e.